The highest BCUT2D eigenvalue weighted by molar-refractivity contribution is 7.92. The molecular formula is C14H19N3O6S. The zero-order chi connectivity index (χ0) is 18.3. The molecule has 10 heteroatoms. The van der Waals surface area contributed by atoms with E-state index in [4.69, 9.17) is 4.74 Å². The highest BCUT2D eigenvalue weighted by Crippen LogP contribution is 2.21. The number of aryl methyl sites for hydroxylation is 1. The lowest BCUT2D eigenvalue weighted by molar-refractivity contribution is -0.147. The van der Waals surface area contributed by atoms with E-state index in [0.717, 1.165) is 10.6 Å². The summed E-state index contributed by atoms with van der Waals surface area (Å²) in [6, 6.07) is 6.66. The first-order chi connectivity index (χ1) is 11.1. The van der Waals surface area contributed by atoms with Crippen LogP contribution in [0, 0.1) is 6.92 Å². The highest BCUT2D eigenvalue weighted by atomic mass is 32.2. The van der Waals surface area contributed by atoms with Crippen LogP contribution in [0.15, 0.2) is 24.3 Å². The molecule has 0 aliphatic rings. The van der Waals surface area contributed by atoms with E-state index in [2.05, 4.69) is 0 Å². The van der Waals surface area contributed by atoms with E-state index in [1.54, 1.807) is 31.2 Å². The van der Waals surface area contributed by atoms with Crippen LogP contribution in [-0.2, 0) is 29.1 Å². The van der Waals surface area contributed by atoms with E-state index >= 15 is 0 Å². The monoisotopic (exact) mass is 357 g/mol. The topological polar surface area (TPSA) is 122 Å². The second-order valence-electron chi connectivity index (χ2n) is 4.95. The minimum atomic E-state index is -3.72. The Morgan fingerprint density at radius 1 is 1.17 bits per heavy atom. The zero-order valence-electron chi connectivity index (χ0n) is 13.5. The van der Waals surface area contributed by atoms with Crippen molar-refractivity contribution in [1.82, 2.24) is 10.9 Å². The van der Waals surface area contributed by atoms with Crippen molar-refractivity contribution >= 4 is 33.5 Å². The Kier molecular flexibility index (Phi) is 6.71. The molecule has 0 aromatic heterocycles. The lowest BCUT2D eigenvalue weighted by Gasteiger charge is -2.23. The van der Waals surface area contributed by atoms with E-state index < -0.39 is 41.0 Å². The van der Waals surface area contributed by atoms with Crippen LogP contribution in [0.3, 0.4) is 0 Å². The van der Waals surface area contributed by atoms with Gasteiger partial charge in [0.1, 0.15) is 6.54 Å². The number of esters is 1. The molecule has 0 spiro atoms. The average molecular weight is 357 g/mol. The molecule has 1 aromatic rings. The van der Waals surface area contributed by atoms with E-state index in [1.807, 2.05) is 10.9 Å². The molecule has 0 saturated carbocycles. The van der Waals surface area contributed by atoms with E-state index in [-0.39, 0.29) is 0 Å². The number of para-hydroxylation sites is 1. The number of nitrogens with one attached hydrogen (secondary N) is 2. The standard InChI is InChI=1S/C14H19N3O6S/c1-10-6-4-5-7-12(10)17(24(3,21)22)8-14(20)23-9-13(19)16-15-11(2)18/h4-7H,8-9H2,1-3H3,(H,15,18)(H,16,19). The molecule has 9 nitrogen and oxygen atoms in total. The molecular weight excluding hydrogens is 338 g/mol. The summed E-state index contributed by atoms with van der Waals surface area (Å²) in [6.45, 7) is 1.68. The Labute approximate surface area is 140 Å². The van der Waals surface area contributed by atoms with Gasteiger partial charge in [-0.3, -0.25) is 29.5 Å². The van der Waals surface area contributed by atoms with E-state index in [0.29, 0.717) is 11.3 Å². The van der Waals surface area contributed by atoms with Crippen molar-refractivity contribution in [1.29, 1.82) is 0 Å². The number of nitrogens with zero attached hydrogens (tertiary/aromatic N) is 1. The summed E-state index contributed by atoms with van der Waals surface area (Å²) in [4.78, 5) is 33.8. The molecule has 0 fully saturated rings. The van der Waals surface area contributed by atoms with Crippen LogP contribution >= 0.6 is 0 Å². The Hall–Kier alpha value is -2.62. The van der Waals surface area contributed by atoms with Crippen LogP contribution in [0.1, 0.15) is 12.5 Å². The molecule has 0 saturated heterocycles. The first kappa shape index (κ1) is 19.4. The van der Waals surface area contributed by atoms with Gasteiger partial charge in [-0.05, 0) is 18.6 Å². The summed E-state index contributed by atoms with van der Waals surface area (Å²) >= 11 is 0. The maximum absolute atomic E-state index is 11.9. The molecule has 0 heterocycles. The number of rotatable bonds is 6. The summed E-state index contributed by atoms with van der Waals surface area (Å²) in [5.41, 5.74) is 5.06. The van der Waals surface area contributed by atoms with Gasteiger partial charge >= 0.3 is 5.97 Å². The molecule has 0 unspecified atom stereocenters. The predicted octanol–water partition coefficient (Wildman–Crippen LogP) is -0.528. The van der Waals surface area contributed by atoms with Gasteiger partial charge in [-0.2, -0.15) is 0 Å². The average Bonchev–Trinajstić information content (AvgIpc) is 2.48. The Morgan fingerprint density at radius 2 is 1.79 bits per heavy atom. The number of hydrogen-bond acceptors (Lipinski definition) is 6. The fourth-order valence-corrected chi connectivity index (χ4v) is 2.63. The van der Waals surface area contributed by atoms with Gasteiger partial charge in [0.15, 0.2) is 6.61 Å². The third kappa shape index (κ3) is 6.24. The Bertz CT molecular complexity index is 732. The second-order valence-corrected chi connectivity index (χ2v) is 6.85. The maximum atomic E-state index is 11.9. The van der Waals surface area contributed by atoms with Gasteiger partial charge in [0.05, 0.1) is 11.9 Å². The van der Waals surface area contributed by atoms with Crippen LogP contribution in [0.5, 0.6) is 0 Å². The number of carbonyl (C=O) groups excluding carboxylic acids is 3. The summed E-state index contributed by atoms with van der Waals surface area (Å²) in [7, 11) is -3.72. The molecule has 0 aliphatic heterocycles. The number of benzene rings is 1. The van der Waals surface area contributed by atoms with Crippen molar-refractivity contribution in [2.45, 2.75) is 13.8 Å². The molecule has 1 aromatic carbocycles. The number of hydrazine groups is 1. The number of anilines is 1. The van der Waals surface area contributed by atoms with Gasteiger partial charge < -0.3 is 4.74 Å². The fourth-order valence-electron chi connectivity index (χ4n) is 1.73. The summed E-state index contributed by atoms with van der Waals surface area (Å²) in [5, 5.41) is 0. The lowest BCUT2D eigenvalue weighted by Crippen LogP contribution is -2.43. The smallest absolute Gasteiger partial charge is 0.327 e. The van der Waals surface area contributed by atoms with Crippen LogP contribution < -0.4 is 15.2 Å². The summed E-state index contributed by atoms with van der Waals surface area (Å²) in [5.74, 6) is -2.14. The van der Waals surface area contributed by atoms with E-state index in [1.165, 1.54) is 6.92 Å². The molecule has 1 rings (SSSR count). The molecule has 0 aliphatic carbocycles. The van der Waals surface area contributed by atoms with E-state index in [9.17, 15) is 22.8 Å². The van der Waals surface area contributed by atoms with Crippen LogP contribution in [0.25, 0.3) is 0 Å². The first-order valence-corrected chi connectivity index (χ1v) is 8.70. The molecule has 24 heavy (non-hydrogen) atoms. The van der Waals surface area contributed by atoms with Crippen molar-refractivity contribution in [3.8, 4) is 0 Å². The Balaban J connectivity index is 2.72. The van der Waals surface area contributed by atoms with Gasteiger partial charge in [0, 0.05) is 6.92 Å². The number of sulfonamides is 1. The second kappa shape index (κ2) is 8.29. The third-order valence-electron chi connectivity index (χ3n) is 2.80. The summed E-state index contributed by atoms with van der Waals surface area (Å²) < 4.78 is 29.5. The summed E-state index contributed by atoms with van der Waals surface area (Å²) in [6.07, 6.45) is 0.968. The van der Waals surface area contributed by atoms with Gasteiger partial charge in [-0.25, -0.2) is 8.42 Å². The molecule has 0 atom stereocenters. The maximum Gasteiger partial charge on any atom is 0.327 e. The van der Waals surface area contributed by atoms with Crippen molar-refractivity contribution < 1.29 is 27.5 Å². The van der Waals surface area contributed by atoms with Crippen LogP contribution in [-0.4, -0.2) is 45.6 Å². The van der Waals surface area contributed by atoms with Crippen molar-refractivity contribution in [2.24, 2.45) is 0 Å². The third-order valence-corrected chi connectivity index (χ3v) is 3.93. The molecule has 0 radical (unpaired) electrons. The number of amides is 2. The molecule has 2 amide bonds. The van der Waals surface area contributed by atoms with Gasteiger partial charge in [0.2, 0.25) is 15.9 Å². The predicted molar refractivity (Wildman–Crippen MR) is 86.3 cm³/mol. The number of ether oxygens (including phenoxy) is 1. The van der Waals surface area contributed by atoms with Crippen molar-refractivity contribution in [3.05, 3.63) is 29.8 Å². The lowest BCUT2D eigenvalue weighted by atomic mass is 10.2. The van der Waals surface area contributed by atoms with Gasteiger partial charge in [0.25, 0.3) is 5.91 Å². The quantitative estimate of drug-likeness (QED) is 0.521. The molecule has 2 N–H and O–H groups in total. The van der Waals surface area contributed by atoms with Crippen molar-refractivity contribution in [2.75, 3.05) is 23.7 Å². The molecule has 132 valence electrons. The van der Waals surface area contributed by atoms with Gasteiger partial charge in [-0.15, -0.1) is 0 Å². The Morgan fingerprint density at radius 3 is 2.33 bits per heavy atom. The molecule has 0 bridgehead atoms. The zero-order valence-corrected chi connectivity index (χ0v) is 14.3. The SMILES string of the molecule is CC(=O)NNC(=O)COC(=O)CN(c1ccccc1C)S(C)(=O)=O. The number of hydrogen-bond donors (Lipinski definition) is 2. The highest BCUT2D eigenvalue weighted by Gasteiger charge is 2.23. The minimum Gasteiger partial charge on any atom is -0.454 e. The fraction of sp³-hybridized carbons (Fsp3) is 0.357. The first-order valence-electron chi connectivity index (χ1n) is 6.85. The largest absolute Gasteiger partial charge is 0.454 e. The van der Waals surface area contributed by atoms with Crippen LogP contribution in [0.2, 0.25) is 0 Å². The minimum absolute atomic E-state index is 0.347. The van der Waals surface area contributed by atoms with Gasteiger partial charge in [-0.1, -0.05) is 18.2 Å². The van der Waals surface area contributed by atoms with Crippen LogP contribution in [0.4, 0.5) is 5.69 Å². The van der Waals surface area contributed by atoms with Crippen molar-refractivity contribution in [3.63, 3.8) is 0 Å². The number of carbonyl (C=O) groups is 3. The normalized spacial score (nSPS) is 10.6.